The van der Waals surface area contributed by atoms with Gasteiger partial charge in [-0.25, -0.2) is 4.39 Å². The maximum absolute atomic E-state index is 13.9. The molecule has 1 atom stereocenters. The van der Waals surface area contributed by atoms with E-state index in [0.717, 1.165) is 43.4 Å². The molecule has 0 fully saturated rings. The van der Waals surface area contributed by atoms with E-state index in [2.05, 4.69) is 19.0 Å². The molecule has 3 rings (SSSR count). The molecule has 2 aromatic rings. The second kappa shape index (κ2) is 9.25. The van der Waals surface area contributed by atoms with E-state index in [4.69, 9.17) is 0 Å². The highest BCUT2D eigenvalue weighted by Gasteiger charge is 2.22. The highest BCUT2D eigenvalue weighted by atomic mass is 35.5. The minimum absolute atomic E-state index is 0. The van der Waals surface area contributed by atoms with Gasteiger partial charge in [-0.05, 0) is 86.7 Å². The van der Waals surface area contributed by atoms with Crippen molar-refractivity contribution < 1.29 is 14.6 Å². The van der Waals surface area contributed by atoms with Gasteiger partial charge in [0.05, 0.1) is 0 Å². The van der Waals surface area contributed by atoms with E-state index in [1.807, 2.05) is 24.3 Å². The third-order valence-corrected chi connectivity index (χ3v) is 5.05. The first-order chi connectivity index (χ1) is 12.4. The number of hydrogen-bond donors (Lipinski definition) is 2. The second-order valence-corrected chi connectivity index (χ2v) is 7.37. The molecule has 1 unspecified atom stereocenters. The number of allylic oxidation sites excluding steroid dienone is 1. The molecule has 1 aliphatic carbocycles. The van der Waals surface area contributed by atoms with Crippen LogP contribution in [0.5, 0.6) is 11.5 Å². The molecule has 0 amide bonds. The van der Waals surface area contributed by atoms with Crippen LogP contribution in [0.25, 0.3) is 5.57 Å². The SMILES string of the molecule is CN(C)CC1=C(c2cccc(O)c2)CC(c2ccc(O)c(F)c2)CCC1.Cl. The van der Waals surface area contributed by atoms with Crippen LogP contribution in [0.1, 0.15) is 42.7 Å². The van der Waals surface area contributed by atoms with Gasteiger partial charge in [0.2, 0.25) is 0 Å². The summed E-state index contributed by atoms with van der Waals surface area (Å²) in [5, 5.41) is 19.4. The lowest BCUT2D eigenvalue weighted by Crippen LogP contribution is -2.16. The number of nitrogens with zero attached hydrogens (tertiary/aromatic N) is 1. The third-order valence-electron chi connectivity index (χ3n) is 5.05. The predicted molar refractivity (Wildman–Crippen MR) is 110 cm³/mol. The second-order valence-electron chi connectivity index (χ2n) is 7.37. The number of rotatable bonds is 4. The van der Waals surface area contributed by atoms with Crippen LogP contribution in [0.3, 0.4) is 0 Å². The normalized spacial score (nSPS) is 17.6. The molecule has 2 N–H and O–H groups in total. The Kier molecular flexibility index (Phi) is 7.28. The zero-order chi connectivity index (χ0) is 18.7. The van der Waals surface area contributed by atoms with Gasteiger partial charge in [0, 0.05) is 6.54 Å². The topological polar surface area (TPSA) is 43.7 Å². The van der Waals surface area contributed by atoms with Gasteiger partial charge >= 0.3 is 0 Å². The summed E-state index contributed by atoms with van der Waals surface area (Å²) in [5.41, 5.74) is 4.57. The minimum atomic E-state index is -0.567. The summed E-state index contributed by atoms with van der Waals surface area (Å²) in [5.74, 6) is -0.416. The predicted octanol–water partition coefficient (Wildman–Crippen LogP) is 5.33. The van der Waals surface area contributed by atoms with Crippen LogP contribution in [-0.4, -0.2) is 35.8 Å². The van der Waals surface area contributed by atoms with Crippen LogP contribution in [0.2, 0.25) is 0 Å². The lowest BCUT2D eigenvalue weighted by molar-refractivity contribution is 0.431. The van der Waals surface area contributed by atoms with Crippen molar-refractivity contribution in [3.63, 3.8) is 0 Å². The standard InChI is InChI=1S/C22H26FNO2.ClH/c1-24(2)14-18-7-3-5-15(16-9-10-22(26)21(23)13-16)12-20(18)17-6-4-8-19(25)11-17;/h4,6,8-11,13,15,25-26H,3,5,7,12,14H2,1-2H3;1H. The third kappa shape index (κ3) is 5.24. The fourth-order valence-corrected chi connectivity index (χ4v) is 3.84. The number of hydrogen-bond acceptors (Lipinski definition) is 3. The molecule has 0 spiro atoms. The molecule has 27 heavy (non-hydrogen) atoms. The van der Waals surface area contributed by atoms with Gasteiger partial charge in [-0.3, -0.25) is 0 Å². The van der Waals surface area contributed by atoms with E-state index in [9.17, 15) is 14.6 Å². The number of phenols is 2. The average molecular weight is 392 g/mol. The summed E-state index contributed by atoms with van der Waals surface area (Å²) >= 11 is 0. The van der Waals surface area contributed by atoms with Gasteiger partial charge in [0.25, 0.3) is 0 Å². The zero-order valence-corrected chi connectivity index (χ0v) is 16.6. The molecule has 146 valence electrons. The molecular weight excluding hydrogens is 365 g/mol. The van der Waals surface area contributed by atoms with Crippen LogP contribution in [0.4, 0.5) is 4.39 Å². The van der Waals surface area contributed by atoms with E-state index >= 15 is 0 Å². The van der Waals surface area contributed by atoms with Gasteiger partial charge in [0.15, 0.2) is 11.6 Å². The first-order valence-electron chi connectivity index (χ1n) is 9.07. The van der Waals surface area contributed by atoms with Crippen molar-refractivity contribution in [3.8, 4) is 11.5 Å². The molecule has 1 aliphatic rings. The Morgan fingerprint density at radius 3 is 2.56 bits per heavy atom. The largest absolute Gasteiger partial charge is 0.508 e. The zero-order valence-electron chi connectivity index (χ0n) is 15.8. The van der Waals surface area contributed by atoms with Crippen LogP contribution >= 0.6 is 12.4 Å². The smallest absolute Gasteiger partial charge is 0.165 e. The fraction of sp³-hybridized carbons (Fsp3) is 0.364. The van der Waals surface area contributed by atoms with E-state index in [0.29, 0.717) is 0 Å². The van der Waals surface area contributed by atoms with Crippen molar-refractivity contribution in [1.29, 1.82) is 0 Å². The number of aromatic hydroxyl groups is 2. The average Bonchev–Trinajstić information content (AvgIpc) is 2.79. The number of likely N-dealkylation sites (N-methyl/N-ethyl adjacent to an activating group) is 1. The Bertz CT molecular complexity index is 820. The summed E-state index contributed by atoms with van der Waals surface area (Å²) in [6.45, 7) is 0.877. The maximum atomic E-state index is 13.9. The Morgan fingerprint density at radius 2 is 1.89 bits per heavy atom. The summed E-state index contributed by atoms with van der Waals surface area (Å²) in [4.78, 5) is 2.17. The molecule has 0 bridgehead atoms. The van der Waals surface area contributed by atoms with Crippen LogP contribution in [0.15, 0.2) is 48.0 Å². The van der Waals surface area contributed by atoms with Gasteiger partial charge in [-0.15, -0.1) is 12.4 Å². The Morgan fingerprint density at radius 1 is 1.11 bits per heavy atom. The molecule has 0 saturated carbocycles. The van der Waals surface area contributed by atoms with Gasteiger partial charge in [-0.2, -0.15) is 0 Å². The Hall–Kier alpha value is -2.04. The monoisotopic (exact) mass is 391 g/mol. The number of phenolic OH excluding ortho intramolecular Hbond substituents is 2. The maximum Gasteiger partial charge on any atom is 0.165 e. The highest BCUT2D eigenvalue weighted by molar-refractivity contribution is 5.85. The van der Waals surface area contributed by atoms with Gasteiger partial charge in [-0.1, -0.05) is 23.8 Å². The molecular formula is C22H27ClFNO2. The summed E-state index contributed by atoms with van der Waals surface area (Å²) in [6.07, 6.45) is 3.82. The number of halogens is 2. The number of benzene rings is 2. The first kappa shape index (κ1) is 21.3. The van der Waals surface area contributed by atoms with Crippen molar-refractivity contribution in [2.45, 2.75) is 31.6 Å². The summed E-state index contributed by atoms with van der Waals surface area (Å²) < 4.78 is 13.9. The molecule has 0 aliphatic heterocycles. The van der Waals surface area contributed by atoms with Crippen LogP contribution in [0, 0.1) is 5.82 Å². The molecule has 2 aromatic carbocycles. The van der Waals surface area contributed by atoms with E-state index in [1.165, 1.54) is 23.3 Å². The van der Waals surface area contributed by atoms with E-state index in [-0.39, 0.29) is 29.8 Å². The van der Waals surface area contributed by atoms with Crippen LogP contribution < -0.4 is 0 Å². The van der Waals surface area contributed by atoms with Gasteiger partial charge in [0.1, 0.15) is 5.75 Å². The first-order valence-corrected chi connectivity index (χ1v) is 9.07. The molecule has 5 heteroatoms. The van der Waals surface area contributed by atoms with Crippen molar-refractivity contribution >= 4 is 18.0 Å². The lowest BCUT2D eigenvalue weighted by Gasteiger charge is -2.20. The fourth-order valence-electron chi connectivity index (χ4n) is 3.84. The Labute approximate surface area is 166 Å². The molecule has 0 aromatic heterocycles. The Balaban J connectivity index is 0.00000261. The highest BCUT2D eigenvalue weighted by Crippen LogP contribution is 2.40. The molecule has 0 saturated heterocycles. The molecule has 3 nitrogen and oxygen atoms in total. The van der Waals surface area contributed by atoms with Crippen molar-refractivity contribution in [2.75, 3.05) is 20.6 Å². The quantitative estimate of drug-likeness (QED) is 0.740. The minimum Gasteiger partial charge on any atom is -0.508 e. The van der Waals surface area contributed by atoms with Crippen molar-refractivity contribution in [2.24, 2.45) is 0 Å². The summed E-state index contributed by atoms with van der Waals surface area (Å²) in [6, 6.07) is 12.1. The van der Waals surface area contributed by atoms with Gasteiger partial charge < -0.3 is 15.1 Å². The van der Waals surface area contributed by atoms with Crippen molar-refractivity contribution in [3.05, 3.63) is 65.0 Å². The van der Waals surface area contributed by atoms with E-state index in [1.54, 1.807) is 6.07 Å². The van der Waals surface area contributed by atoms with Crippen LogP contribution in [-0.2, 0) is 0 Å². The molecule has 0 radical (unpaired) electrons. The van der Waals surface area contributed by atoms with E-state index < -0.39 is 5.82 Å². The lowest BCUT2D eigenvalue weighted by atomic mass is 9.87. The van der Waals surface area contributed by atoms with Crippen molar-refractivity contribution in [1.82, 2.24) is 4.90 Å². The summed E-state index contributed by atoms with van der Waals surface area (Å²) in [7, 11) is 4.12. The molecule has 0 heterocycles.